The molecule has 4 heteroatoms. The first-order chi connectivity index (χ1) is 8.99. The van der Waals surface area contributed by atoms with Crippen LogP contribution in [-0.2, 0) is 0 Å². The van der Waals surface area contributed by atoms with Gasteiger partial charge in [-0.05, 0) is 30.9 Å². The van der Waals surface area contributed by atoms with Crippen molar-refractivity contribution in [1.29, 1.82) is 0 Å². The van der Waals surface area contributed by atoms with Gasteiger partial charge in [0, 0.05) is 16.6 Å². The van der Waals surface area contributed by atoms with Crippen LogP contribution >= 0.6 is 22.9 Å². The van der Waals surface area contributed by atoms with Crippen LogP contribution in [0.15, 0.2) is 18.2 Å². The van der Waals surface area contributed by atoms with Crippen molar-refractivity contribution in [2.75, 3.05) is 6.54 Å². The fourth-order valence-corrected chi connectivity index (χ4v) is 3.40. The number of carbonyl (C=O) groups excluding carboxylic acids is 1. The number of nitrogens with one attached hydrogen (secondary N) is 1. The van der Waals surface area contributed by atoms with E-state index in [1.54, 1.807) is 0 Å². The predicted molar refractivity (Wildman–Crippen MR) is 83.4 cm³/mol. The van der Waals surface area contributed by atoms with Gasteiger partial charge in [0.1, 0.15) is 4.88 Å². The maximum Gasteiger partial charge on any atom is 0.262 e. The summed E-state index contributed by atoms with van der Waals surface area (Å²) in [5.41, 5.74) is 1.18. The van der Waals surface area contributed by atoms with Gasteiger partial charge in [-0.25, -0.2) is 0 Å². The van der Waals surface area contributed by atoms with Crippen molar-refractivity contribution in [3.05, 3.63) is 33.7 Å². The number of amides is 1. The molecule has 0 saturated carbocycles. The molecule has 0 spiro atoms. The van der Waals surface area contributed by atoms with Gasteiger partial charge in [0.15, 0.2) is 0 Å². The minimum atomic E-state index is -0.0653. The topological polar surface area (TPSA) is 29.1 Å². The Morgan fingerprint density at radius 3 is 2.84 bits per heavy atom. The summed E-state index contributed by atoms with van der Waals surface area (Å²) >= 11 is 7.76. The second-order valence-electron chi connectivity index (χ2n) is 5.18. The number of hydrogen-bond acceptors (Lipinski definition) is 2. The van der Waals surface area contributed by atoms with Crippen molar-refractivity contribution >= 4 is 38.9 Å². The average Bonchev–Trinajstić information content (AvgIpc) is 2.65. The molecular weight excluding hydrogens is 278 g/mol. The largest absolute Gasteiger partial charge is 0.351 e. The minimum absolute atomic E-state index is 0.0653. The first kappa shape index (κ1) is 14.4. The molecule has 2 rings (SSSR count). The van der Waals surface area contributed by atoms with Gasteiger partial charge in [-0.1, -0.05) is 37.6 Å². The fourth-order valence-electron chi connectivity index (χ4n) is 1.87. The highest BCUT2D eigenvalue weighted by atomic mass is 35.5. The molecule has 1 amide bonds. The Bertz CT molecular complexity index is 603. The van der Waals surface area contributed by atoms with E-state index in [4.69, 9.17) is 11.6 Å². The summed E-state index contributed by atoms with van der Waals surface area (Å²) in [6.07, 6.45) is 0.980. The molecule has 2 aromatic rings. The van der Waals surface area contributed by atoms with E-state index in [1.165, 1.54) is 16.9 Å². The normalized spacial score (nSPS) is 11.2. The molecule has 0 aliphatic rings. The van der Waals surface area contributed by atoms with Crippen molar-refractivity contribution in [3.8, 4) is 0 Å². The molecule has 1 aromatic carbocycles. The molecule has 1 heterocycles. The maximum absolute atomic E-state index is 12.1. The molecule has 0 radical (unpaired) electrons. The number of benzene rings is 1. The molecule has 2 nitrogen and oxygen atoms in total. The highest BCUT2D eigenvalue weighted by Crippen LogP contribution is 2.35. The van der Waals surface area contributed by atoms with Gasteiger partial charge in [-0.15, -0.1) is 11.3 Å². The number of halogens is 1. The first-order valence-electron chi connectivity index (χ1n) is 6.46. The summed E-state index contributed by atoms with van der Waals surface area (Å²) in [7, 11) is 0. The van der Waals surface area contributed by atoms with E-state index in [0.29, 0.717) is 22.4 Å². The molecule has 0 saturated heterocycles. The third-order valence-electron chi connectivity index (χ3n) is 3.00. The summed E-state index contributed by atoms with van der Waals surface area (Å²) in [6, 6.07) is 6.06. The molecule has 1 N–H and O–H groups in total. The van der Waals surface area contributed by atoms with Crippen LogP contribution in [0.3, 0.4) is 0 Å². The number of fused-ring (bicyclic) bond motifs is 1. The van der Waals surface area contributed by atoms with E-state index in [0.717, 1.165) is 16.5 Å². The Balaban J connectivity index is 2.20. The second-order valence-corrected chi connectivity index (χ2v) is 6.61. The molecule has 0 bridgehead atoms. The van der Waals surface area contributed by atoms with Crippen LogP contribution in [0.1, 0.15) is 35.5 Å². The molecule has 0 atom stereocenters. The smallest absolute Gasteiger partial charge is 0.262 e. The van der Waals surface area contributed by atoms with Crippen molar-refractivity contribution < 1.29 is 4.79 Å². The molecule has 19 heavy (non-hydrogen) atoms. The summed E-state index contributed by atoms with van der Waals surface area (Å²) in [5, 5.41) is 4.47. The number of thiophene rings is 1. The van der Waals surface area contributed by atoms with Crippen molar-refractivity contribution in [2.45, 2.75) is 27.2 Å². The lowest BCUT2D eigenvalue weighted by Crippen LogP contribution is -2.24. The summed E-state index contributed by atoms with van der Waals surface area (Å²) in [4.78, 5) is 12.7. The minimum Gasteiger partial charge on any atom is -0.351 e. The SMILES string of the molecule is Cc1ccc2c(Cl)c(C(=O)NCCC(C)C)sc2c1. The Morgan fingerprint density at radius 1 is 1.42 bits per heavy atom. The third-order valence-corrected chi connectivity index (χ3v) is 4.65. The van der Waals surface area contributed by atoms with E-state index in [2.05, 4.69) is 25.2 Å². The molecule has 0 unspecified atom stereocenters. The van der Waals surface area contributed by atoms with Crippen LogP contribution in [0, 0.1) is 12.8 Å². The maximum atomic E-state index is 12.1. The Kier molecular flexibility index (Phi) is 4.48. The molecule has 102 valence electrons. The van der Waals surface area contributed by atoms with E-state index in [9.17, 15) is 4.79 Å². The molecule has 0 aliphatic carbocycles. The molecular formula is C15H18ClNOS. The average molecular weight is 296 g/mol. The third kappa shape index (κ3) is 3.28. The Morgan fingerprint density at radius 2 is 2.16 bits per heavy atom. The highest BCUT2D eigenvalue weighted by molar-refractivity contribution is 7.21. The quantitative estimate of drug-likeness (QED) is 0.875. The van der Waals surface area contributed by atoms with Crippen LogP contribution in [0.2, 0.25) is 5.02 Å². The molecule has 0 aliphatic heterocycles. The van der Waals surface area contributed by atoms with Gasteiger partial charge < -0.3 is 5.32 Å². The van der Waals surface area contributed by atoms with E-state index < -0.39 is 0 Å². The van der Waals surface area contributed by atoms with Crippen molar-refractivity contribution in [3.63, 3.8) is 0 Å². The van der Waals surface area contributed by atoms with Gasteiger partial charge in [-0.3, -0.25) is 4.79 Å². The highest BCUT2D eigenvalue weighted by Gasteiger charge is 2.16. The number of hydrogen-bond donors (Lipinski definition) is 1. The van der Waals surface area contributed by atoms with Crippen LogP contribution in [-0.4, -0.2) is 12.5 Å². The number of rotatable bonds is 4. The van der Waals surface area contributed by atoms with E-state index >= 15 is 0 Å². The van der Waals surface area contributed by atoms with Gasteiger partial charge in [-0.2, -0.15) is 0 Å². The zero-order valence-corrected chi connectivity index (χ0v) is 13.0. The first-order valence-corrected chi connectivity index (χ1v) is 7.65. The summed E-state index contributed by atoms with van der Waals surface area (Å²) < 4.78 is 1.07. The van der Waals surface area contributed by atoms with E-state index in [-0.39, 0.29) is 5.91 Å². The molecule has 0 fully saturated rings. The van der Waals surface area contributed by atoms with E-state index in [1.807, 2.05) is 19.1 Å². The Labute approximate surface area is 122 Å². The zero-order chi connectivity index (χ0) is 14.0. The van der Waals surface area contributed by atoms with Gasteiger partial charge in [0.2, 0.25) is 0 Å². The van der Waals surface area contributed by atoms with Gasteiger partial charge in [0.25, 0.3) is 5.91 Å². The van der Waals surface area contributed by atoms with Crippen LogP contribution < -0.4 is 5.32 Å². The van der Waals surface area contributed by atoms with Crippen LogP contribution in [0.5, 0.6) is 0 Å². The second kappa shape index (κ2) is 5.93. The lowest BCUT2D eigenvalue weighted by Gasteiger charge is -2.06. The molecule has 1 aromatic heterocycles. The summed E-state index contributed by atoms with van der Waals surface area (Å²) in [5.74, 6) is 0.519. The fraction of sp³-hybridized carbons (Fsp3) is 0.400. The van der Waals surface area contributed by atoms with Crippen LogP contribution in [0.4, 0.5) is 0 Å². The van der Waals surface area contributed by atoms with Crippen LogP contribution in [0.25, 0.3) is 10.1 Å². The lowest BCUT2D eigenvalue weighted by atomic mass is 10.1. The monoisotopic (exact) mass is 295 g/mol. The summed E-state index contributed by atoms with van der Waals surface area (Å²) in [6.45, 7) is 7.01. The lowest BCUT2D eigenvalue weighted by molar-refractivity contribution is 0.0956. The number of carbonyl (C=O) groups is 1. The van der Waals surface area contributed by atoms with Crippen molar-refractivity contribution in [1.82, 2.24) is 5.32 Å². The Hall–Kier alpha value is -1.06. The standard InChI is InChI=1S/C15H18ClNOS/c1-9(2)6-7-17-15(18)14-13(16)11-5-4-10(3)8-12(11)19-14/h4-5,8-9H,6-7H2,1-3H3,(H,17,18). The number of aryl methyl sites for hydroxylation is 1. The van der Waals surface area contributed by atoms with Gasteiger partial charge in [0.05, 0.1) is 5.02 Å². The van der Waals surface area contributed by atoms with Crippen molar-refractivity contribution in [2.24, 2.45) is 5.92 Å². The zero-order valence-electron chi connectivity index (χ0n) is 11.4. The predicted octanol–water partition coefficient (Wildman–Crippen LogP) is 4.64. The van der Waals surface area contributed by atoms with Gasteiger partial charge >= 0.3 is 0 Å².